The van der Waals surface area contributed by atoms with E-state index in [2.05, 4.69) is 9.80 Å². The molecular formula is C25H29F4N3O. The molecule has 2 fully saturated rings. The minimum atomic E-state index is -4.39. The topological polar surface area (TPSA) is 26.8 Å². The van der Waals surface area contributed by atoms with Gasteiger partial charge in [-0.25, -0.2) is 4.39 Å². The fraction of sp³-hybridized carbons (Fsp3) is 0.480. The van der Waals surface area contributed by atoms with E-state index in [1.54, 1.807) is 23.1 Å². The Morgan fingerprint density at radius 3 is 2.33 bits per heavy atom. The molecule has 0 aliphatic carbocycles. The second kappa shape index (κ2) is 9.71. The fourth-order valence-electron chi connectivity index (χ4n) is 4.98. The van der Waals surface area contributed by atoms with Crippen molar-refractivity contribution in [3.63, 3.8) is 0 Å². The van der Waals surface area contributed by atoms with E-state index in [0.29, 0.717) is 25.1 Å². The highest BCUT2D eigenvalue weighted by molar-refractivity contribution is 5.76. The average molecular weight is 464 g/mol. The Labute approximate surface area is 191 Å². The molecular weight excluding hydrogens is 434 g/mol. The van der Waals surface area contributed by atoms with E-state index in [0.717, 1.165) is 44.5 Å². The fourth-order valence-corrected chi connectivity index (χ4v) is 4.98. The number of hydrogen-bond acceptors (Lipinski definition) is 3. The summed E-state index contributed by atoms with van der Waals surface area (Å²) in [5.41, 5.74) is 0.983. The predicted molar refractivity (Wildman–Crippen MR) is 120 cm³/mol. The normalized spacial score (nSPS) is 22.1. The number of anilines is 1. The third-order valence-corrected chi connectivity index (χ3v) is 6.80. The molecule has 4 rings (SSSR count). The number of carbonyl (C=O) groups is 1. The Bertz CT molecular complexity index is 955. The molecule has 2 saturated heterocycles. The zero-order chi connectivity index (χ0) is 23.6. The van der Waals surface area contributed by atoms with Gasteiger partial charge in [-0.3, -0.25) is 9.69 Å². The Balaban J connectivity index is 1.45. The van der Waals surface area contributed by atoms with E-state index in [9.17, 15) is 22.4 Å². The van der Waals surface area contributed by atoms with Crippen molar-refractivity contribution in [3.8, 4) is 0 Å². The van der Waals surface area contributed by atoms with Crippen molar-refractivity contribution in [2.75, 3.05) is 50.7 Å². The molecule has 8 heteroatoms. The molecule has 2 atom stereocenters. The Kier molecular flexibility index (Phi) is 6.93. The molecule has 0 bridgehead atoms. The summed E-state index contributed by atoms with van der Waals surface area (Å²) >= 11 is 0. The van der Waals surface area contributed by atoms with Crippen molar-refractivity contribution in [1.29, 1.82) is 0 Å². The second-order valence-corrected chi connectivity index (χ2v) is 8.91. The lowest BCUT2D eigenvalue weighted by molar-refractivity contribution is -0.137. The molecule has 0 N–H and O–H groups in total. The molecule has 0 spiro atoms. The first-order valence-electron chi connectivity index (χ1n) is 11.4. The van der Waals surface area contributed by atoms with Gasteiger partial charge in [0.2, 0.25) is 5.91 Å². The van der Waals surface area contributed by atoms with Gasteiger partial charge in [-0.05, 0) is 41.8 Å². The number of piperazine rings is 1. The maximum atomic E-state index is 13.3. The molecule has 2 aliphatic heterocycles. The summed E-state index contributed by atoms with van der Waals surface area (Å²) in [5.74, 6) is -0.277. The first-order valence-corrected chi connectivity index (χ1v) is 11.4. The SMILES string of the molecule is CCC(=O)N1CC(CN2CCN(c3ccc(F)cc3)CC2)C(c2cccc(C(F)(F)F)c2)C1. The minimum Gasteiger partial charge on any atom is -0.369 e. The number of amides is 1. The number of rotatable bonds is 5. The van der Waals surface area contributed by atoms with Crippen LogP contribution < -0.4 is 4.90 Å². The number of halogens is 4. The molecule has 1 amide bonds. The molecule has 2 aliphatic rings. The molecule has 2 aromatic rings. The van der Waals surface area contributed by atoms with Crippen LogP contribution in [0.15, 0.2) is 48.5 Å². The van der Waals surface area contributed by atoms with Crippen molar-refractivity contribution in [1.82, 2.24) is 9.80 Å². The van der Waals surface area contributed by atoms with Gasteiger partial charge in [0.15, 0.2) is 0 Å². The van der Waals surface area contributed by atoms with Crippen molar-refractivity contribution in [2.45, 2.75) is 25.4 Å². The van der Waals surface area contributed by atoms with E-state index in [-0.39, 0.29) is 23.6 Å². The summed E-state index contributed by atoms with van der Waals surface area (Å²) in [6.45, 7) is 6.76. The highest BCUT2D eigenvalue weighted by Gasteiger charge is 2.38. The molecule has 4 nitrogen and oxygen atoms in total. The van der Waals surface area contributed by atoms with Gasteiger partial charge in [0.25, 0.3) is 0 Å². The summed E-state index contributed by atoms with van der Waals surface area (Å²) < 4.78 is 53.1. The first-order chi connectivity index (χ1) is 15.7. The minimum absolute atomic E-state index is 0.0376. The number of nitrogens with zero attached hydrogens (tertiary/aromatic N) is 3. The Morgan fingerprint density at radius 1 is 1.00 bits per heavy atom. The predicted octanol–water partition coefficient (Wildman–Crippen LogP) is 4.62. The number of hydrogen-bond donors (Lipinski definition) is 0. The van der Waals surface area contributed by atoms with Crippen molar-refractivity contribution in [2.24, 2.45) is 5.92 Å². The summed E-state index contributed by atoms with van der Waals surface area (Å²) in [6.07, 6.45) is -4.00. The van der Waals surface area contributed by atoms with Crippen LogP contribution in [0.5, 0.6) is 0 Å². The maximum Gasteiger partial charge on any atom is 0.416 e. The molecule has 2 aromatic carbocycles. The van der Waals surface area contributed by atoms with Gasteiger partial charge in [0.05, 0.1) is 5.56 Å². The summed E-state index contributed by atoms with van der Waals surface area (Å²) in [6, 6.07) is 12.0. The summed E-state index contributed by atoms with van der Waals surface area (Å²) in [7, 11) is 0. The quantitative estimate of drug-likeness (QED) is 0.606. The lowest BCUT2D eigenvalue weighted by Crippen LogP contribution is -2.48. The van der Waals surface area contributed by atoms with Crippen molar-refractivity contribution in [3.05, 3.63) is 65.5 Å². The molecule has 2 heterocycles. The summed E-state index contributed by atoms with van der Waals surface area (Å²) in [4.78, 5) is 18.7. The average Bonchev–Trinajstić information content (AvgIpc) is 3.23. The van der Waals surface area contributed by atoms with Gasteiger partial charge in [0.1, 0.15) is 5.82 Å². The van der Waals surface area contributed by atoms with Crippen molar-refractivity contribution >= 4 is 11.6 Å². The largest absolute Gasteiger partial charge is 0.416 e. The van der Waals surface area contributed by atoms with Gasteiger partial charge in [0, 0.05) is 63.8 Å². The lowest BCUT2D eigenvalue weighted by atomic mass is 9.87. The van der Waals surface area contributed by atoms with E-state index < -0.39 is 11.7 Å². The van der Waals surface area contributed by atoms with E-state index in [1.165, 1.54) is 24.3 Å². The Hall–Kier alpha value is -2.61. The van der Waals surface area contributed by atoms with E-state index >= 15 is 0 Å². The van der Waals surface area contributed by atoms with Crippen LogP contribution in [0.25, 0.3) is 0 Å². The zero-order valence-electron chi connectivity index (χ0n) is 18.7. The monoisotopic (exact) mass is 463 g/mol. The van der Waals surface area contributed by atoms with Crippen LogP contribution in [0.3, 0.4) is 0 Å². The third-order valence-electron chi connectivity index (χ3n) is 6.80. The lowest BCUT2D eigenvalue weighted by Gasteiger charge is -2.38. The molecule has 178 valence electrons. The van der Waals surface area contributed by atoms with Crippen molar-refractivity contribution < 1.29 is 22.4 Å². The van der Waals surface area contributed by atoms with Crippen LogP contribution in [0.4, 0.5) is 23.2 Å². The van der Waals surface area contributed by atoms with Crippen LogP contribution in [0.1, 0.15) is 30.4 Å². The molecule has 33 heavy (non-hydrogen) atoms. The highest BCUT2D eigenvalue weighted by Crippen LogP contribution is 2.37. The van der Waals surface area contributed by atoms with Crippen LogP contribution in [0.2, 0.25) is 0 Å². The first kappa shape index (κ1) is 23.5. The van der Waals surface area contributed by atoms with Gasteiger partial charge in [-0.1, -0.05) is 25.1 Å². The molecule has 2 unspecified atom stereocenters. The third kappa shape index (κ3) is 5.49. The number of carbonyl (C=O) groups excluding carboxylic acids is 1. The summed E-state index contributed by atoms with van der Waals surface area (Å²) in [5, 5.41) is 0. The molecule has 0 aromatic heterocycles. The second-order valence-electron chi connectivity index (χ2n) is 8.91. The van der Waals surface area contributed by atoms with Gasteiger partial charge in [-0.2, -0.15) is 13.2 Å². The maximum absolute atomic E-state index is 13.3. The van der Waals surface area contributed by atoms with Crippen LogP contribution >= 0.6 is 0 Å². The van der Waals surface area contributed by atoms with E-state index in [4.69, 9.17) is 0 Å². The highest BCUT2D eigenvalue weighted by atomic mass is 19.4. The molecule has 0 saturated carbocycles. The van der Waals surface area contributed by atoms with Gasteiger partial charge >= 0.3 is 6.18 Å². The smallest absolute Gasteiger partial charge is 0.369 e. The number of alkyl halides is 3. The van der Waals surface area contributed by atoms with E-state index in [1.807, 2.05) is 6.92 Å². The van der Waals surface area contributed by atoms with Crippen LogP contribution in [0, 0.1) is 11.7 Å². The van der Waals surface area contributed by atoms with Crippen LogP contribution in [-0.2, 0) is 11.0 Å². The number of likely N-dealkylation sites (tertiary alicyclic amines) is 1. The van der Waals surface area contributed by atoms with Gasteiger partial charge in [-0.15, -0.1) is 0 Å². The number of benzene rings is 2. The zero-order valence-corrected chi connectivity index (χ0v) is 18.7. The Morgan fingerprint density at radius 2 is 1.70 bits per heavy atom. The standard InChI is InChI=1S/C25H29F4N3O/c1-2-24(33)32-16-19(23(17-32)18-4-3-5-20(14-18)25(27,28)29)15-30-10-12-31(13-11-30)22-8-6-21(26)7-9-22/h3-9,14,19,23H,2,10-13,15-17H2,1H3. The van der Waals surface area contributed by atoms with Gasteiger partial charge < -0.3 is 9.80 Å². The molecule has 0 radical (unpaired) electrons. The van der Waals surface area contributed by atoms with Crippen LogP contribution in [-0.4, -0.2) is 61.5 Å².